The molecular weight excluding hydrogens is 324 g/mol. The van der Waals surface area contributed by atoms with Crippen molar-refractivity contribution in [2.24, 2.45) is 5.92 Å². The van der Waals surface area contributed by atoms with Crippen LogP contribution in [-0.2, 0) is 10.0 Å². The molecule has 6 heteroatoms. The van der Waals surface area contributed by atoms with Crippen molar-refractivity contribution in [3.8, 4) is 5.75 Å². The predicted molar refractivity (Wildman–Crippen MR) is 94.7 cm³/mol. The zero-order valence-corrected chi connectivity index (χ0v) is 15.0. The molecule has 5 nitrogen and oxygen atoms in total. The molecule has 2 aliphatic rings. The van der Waals surface area contributed by atoms with Crippen molar-refractivity contribution >= 4 is 10.0 Å². The largest absolute Gasteiger partial charge is 0.493 e. The first-order valence-corrected chi connectivity index (χ1v) is 10.6. The molecule has 0 radical (unpaired) electrons. The Balaban J connectivity index is 1.54. The minimum absolute atomic E-state index is 0.0264. The fourth-order valence-corrected chi connectivity index (χ4v) is 4.82. The quantitative estimate of drug-likeness (QED) is 0.826. The topological polar surface area (TPSA) is 67.4 Å². The van der Waals surface area contributed by atoms with Gasteiger partial charge in [-0.2, -0.15) is 0 Å². The van der Waals surface area contributed by atoms with Crippen molar-refractivity contribution in [1.29, 1.82) is 0 Å². The van der Waals surface area contributed by atoms with Crippen LogP contribution in [0.15, 0.2) is 29.2 Å². The molecule has 1 saturated heterocycles. The van der Waals surface area contributed by atoms with E-state index >= 15 is 0 Å². The number of benzene rings is 1. The van der Waals surface area contributed by atoms with Gasteiger partial charge in [0.1, 0.15) is 5.75 Å². The van der Waals surface area contributed by atoms with E-state index in [1.807, 2.05) is 0 Å². The van der Waals surface area contributed by atoms with Crippen LogP contribution in [0.2, 0.25) is 0 Å². The van der Waals surface area contributed by atoms with E-state index in [0.29, 0.717) is 10.8 Å². The van der Waals surface area contributed by atoms with Gasteiger partial charge >= 0.3 is 0 Å². The standard InChI is InChI=1S/C18H28N2O3S/c21-24(22,20-16-10-12-19-13-11-16)18-8-6-17(7-9-18)23-14-15-4-2-1-3-5-15/h6-9,15-16,19-20H,1-5,10-14H2. The van der Waals surface area contributed by atoms with Crippen LogP contribution in [0, 0.1) is 5.92 Å². The molecule has 0 aromatic heterocycles. The summed E-state index contributed by atoms with van der Waals surface area (Å²) in [6, 6.07) is 6.83. The van der Waals surface area contributed by atoms with Gasteiger partial charge in [-0.1, -0.05) is 19.3 Å². The molecule has 1 aromatic carbocycles. The van der Waals surface area contributed by atoms with Crippen LogP contribution in [0.25, 0.3) is 0 Å². The molecule has 0 spiro atoms. The molecule has 0 bridgehead atoms. The third kappa shape index (κ3) is 4.94. The van der Waals surface area contributed by atoms with Crippen molar-refractivity contribution in [2.45, 2.75) is 55.9 Å². The van der Waals surface area contributed by atoms with Gasteiger partial charge in [-0.3, -0.25) is 0 Å². The zero-order chi connectivity index (χ0) is 16.8. The van der Waals surface area contributed by atoms with Crippen molar-refractivity contribution in [3.63, 3.8) is 0 Å². The minimum atomic E-state index is -3.45. The Morgan fingerprint density at radius 1 is 1.00 bits per heavy atom. The number of piperidine rings is 1. The lowest BCUT2D eigenvalue weighted by Gasteiger charge is -2.23. The van der Waals surface area contributed by atoms with E-state index in [9.17, 15) is 8.42 Å². The van der Waals surface area contributed by atoms with E-state index < -0.39 is 10.0 Å². The average molecular weight is 353 g/mol. The lowest BCUT2D eigenvalue weighted by molar-refractivity contribution is 0.209. The highest BCUT2D eigenvalue weighted by molar-refractivity contribution is 7.89. The number of hydrogen-bond acceptors (Lipinski definition) is 4. The van der Waals surface area contributed by atoms with E-state index in [1.54, 1.807) is 24.3 Å². The second-order valence-electron chi connectivity index (χ2n) is 6.93. The molecule has 1 aliphatic carbocycles. The van der Waals surface area contributed by atoms with Gasteiger partial charge in [-0.05, 0) is 69.0 Å². The first kappa shape index (κ1) is 17.7. The third-order valence-electron chi connectivity index (χ3n) is 5.01. The third-order valence-corrected chi connectivity index (χ3v) is 6.54. The summed E-state index contributed by atoms with van der Waals surface area (Å²) in [6.07, 6.45) is 8.09. The predicted octanol–water partition coefficient (Wildman–Crippen LogP) is 2.68. The first-order valence-electron chi connectivity index (χ1n) is 9.09. The van der Waals surface area contributed by atoms with Gasteiger partial charge in [-0.25, -0.2) is 13.1 Å². The number of hydrogen-bond donors (Lipinski definition) is 2. The zero-order valence-electron chi connectivity index (χ0n) is 14.2. The van der Waals surface area contributed by atoms with E-state index in [4.69, 9.17) is 4.74 Å². The lowest BCUT2D eigenvalue weighted by atomic mass is 9.90. The average Bonchev–Trinajstić information content (AvgIpc) is 2.62. The summed E-state index contributed by atoms with van der Waals surface area (Å²) in [4.78, 5) is 0.311. The van der Waals surface area contributed by atoms with E-state index in [2.05, 4.69) is 10.0 Å². The molecule has 24 heavy (non-hydrogen) atoms. The summed E-state index contributed by atoms with van der Waals surface area (Å²) in [6.45, 7) is 2.46. The van der Waals surface area contributed by atoms with Crippen molar-refractivity contribution in [1.82, 2.24) is 10.0 Å². The van der Waals surface area contributed by atoms with Gasteiger partial charge in [0.15, 0.2) is 0 Å². The van der Waals surface area contributed by atoms with Crippen LogP contribution < -0.4 is 14.8 Å². The smallest absolute Gasteiger partial charge is 0.240 e. The van der Waals surface area contributed by atoms with E-state index in [-0.39, 0.29) is 6.04 Å². The molecule has 2 fully saturated rings. The number of rotatable bonds is 6. The van der Waals surface area contributed by atoms with Crippen LogP contribution in [0.3, 0.4) is 0 Å². The van der Waals surface area contributed by atoms with Gasteiger partial charge in [0.05, 0.1) is 11.5 Å². The van der Waals surface area contributed by atoms with Crippen LogP contribution in [0.1, 0.15) is 44.9 Å². The maximum absolute atomic E-state index is 12.4. The molecule has 1 heterocycles. The molecule has 3 rings (SSSR count). The van der Waals surface area contributed by atoms with Gasteiger partial charge in [0, 0.05) is 6.04 Å². The number of nitrogens with one attached hydrogen (secondary N) is 2. The summed E-state index contributed by atoms with van der Waals surface area (Å²) in [5.41, 5.74) is 0. The fraction of sp³-hybridized carbons (Fsp3) is 0.667. The Hall–Kier alpha value is -1.11. The van der Waals surface area contributed by atoms with Crippen LogP contribution in [0.5, 0.6) is 5.75 Å². The minimum Gasteiger partial charge on any atom is -0.493 e. The van der Waals surface area contributed by atoms with E-state index in [1.165, 1.54) is 32.1 Å². The van der Waals surface area contributed by atoms with Crippen molar-refractivity contribution in [3.05, 3.63) is 24.3 Å². The Morgan fingerprint density at radius 2 is 1.67 bits per heavy atom. The summed E-state index contributed by atoms with van der Waals surface area (Å²) in [7, 11) is -3.45. The maximum Gasteiger partial charge on any atom is 0.240 e. The summed E-state index contributed by atoms with van der Waals surface area (Å²) < 4.78 is 33.5. The molecule has 0 atom stereocenters. The van der Waals surface area contributed by atoms with Crippen LogP contribution in [0.4, 0.5) is 0 Å². The summed E-state index contributed by atoms with van der Waals surface area (Å²) >= 11 is 0. The number of sulfonamides is 1. The summed E-state index contributed by atoms with van der Waals surface area (Å²) in [5.74, 6) is 1.39. The van der Waals surface area contributed by atoms with Crippen LogP contribution in [-0.4, -0.2) is 34.2 Å². The van der Waals surface area contributed by atoms with Crippen molar-refractivity contribution < 1.29 is 13.2 Å². The maximum atomic E-state index is 12.4. The second kappa shape index (κ2) is 8.32. The molecule has 0 unspecified atom stereocenters. The van der Waals surface area contributed by atoms with Gasteiger partial charge in [-0.15, -0.1) is 0 Å². The van der Waals surface area contributed by atoms with E-state index in [0.717, 1.165) is 38.3 Å². The molecular formula is C18H28N2O3S. The SMILES string of the molecule is O=S(=O)(NC1CCNCC1)c1ccc(OCC2CCCCC2)cc1. The molecule has 1 aliphatic heterocycles. The highest BCUT2D eigenvalue weighted by Crippen LogP contribution is 2.25. The van der Waals surface area contributed by atoms with Gasteiger partial charge in [0.25, 0.3) is 0 Å². The highest BCUT2D eigenvalue weighted by atomic mass is 32.2. The molecule has 134 valence electrons. The molecule has 1 saturated carbocycles. The number of ether oxygens (including phenoxy) is 1. The monoisotopic (exact) mass is 352 g/mol. The molecule has 1 aromatic rings. The Kier molecular flexibility index (Phi) is 6.14. The lowest BCUT2D eigenvalue weighted by Crippen LogP contribution is -2.42. The van der Waals surface area contributed by atoms with Crippen molar-refractivity contribution in [2.75, 3.05) is 19.7 Å². The summed E-state index contributed by atoms with van der Waals surface area (Å²) in [5, 5.41) is 3.24. The normalized spacial score (nSPS) is 20.8. The Labute approximate surface area is 145 Å². The van der Waals surface area contributed by atoms with Gasteiger partial charge in [0.2, 0.25) is 10.0 Å². The fourth-order valence-electron chi connectivity index (χ4n) is 3.51. The Bertz CT molecular complexity index is 604. The molecule has 0 amide bonds. The van der Waals surface area contributed by atoms with Crippen LogP contribution >= 0.6 is 0 Å². The Morgan fingerprint density at radius 3 is 2.33 bits per heavy atom. The highest BCUT2D eigenvalue weighted by Gasteiger charge is 2.21. The van der Waals surface area contributed by atoms with Gasteiger partial charge < -0.3 is 10.1 Å². The second-order valence-corrected chi connectivity index (χ2v) is 8.65. The first-order chi connectivity index (χ1) is 11.6. The molecule has 2 N–H and O–H groups in total.